The lowest BCUT2D eigenvalue weighted by Gasteiger charge is -2.20. The van der Waals surface area contributed by atoms with E-state index in [2.05, 4.69) is 24.0 Å². The molecule has 0 bridgehead atoms. The van der Waals surface area contributed by atoms with Crippen molar-refractivity contribution < 1.29 is 19.1 Å². The molecule has 0 fully saturated rings. The van der Waals surface area contributed by atoms with Crippen molar-refractivity contribution in [3.8, 4) is 11.5 Å². The average Bonchev–Trinajstić information content (AvgIpc) is 3.15. The Balaban J connectivity index is 1.43. The molecule has 0 saturated heterocycles. The van der Waals surface area contributed by atoms with Crippen LogP contribution in [0, 0.1) is 10.1 Å². The van der Waals surface area contributed by atoms with E-state index < -0.39 is 4.92 Å². The Morgan fingerprint density at radius 3 is 2.78 bits per heavy atom. The van der Waals surface area contributed by atoms with Crippen molar-refractivity contribution in [3.05, 3.63) is 69.0 Å². The van der Waals surface area contributed by atoms with Crippen LogP contribution in [0.5, 0.6) is 11.5 Å². The first-order valence-electron chi connectivity index (χ1n) is 9.98. The topological polar surface area (TPSA) is 128 Å². The normalized spacial score (nSPS) is 13.0. The SMILES string of the molecule is CC(C)c1ccc(OCc2nnc(SCc3cc([N+](=O)[O-])cc4c3OCOC4)n2N)cc1. The van der Waals surface area contributed by atoms with Crippen molar-refractivity contribution >= 4 is 17.4 Å². The van der Waals surface area contributed by atoms with Crippen molar-refractivity contribution in [1.82, 2.24) is 14.9 Å². The molecule has 11 heteroatoms. The van der Waals surface area contributed by atoms with Gasteiger partial charge in [-0.2, -0.15) is 0 Å². The molecule has 1 aliphatic heterocycles. The molecule has 10 nitrogen and oxygen atoms in total. The van der Waals surface area contributed by atoms with Gasteiger partial charge in [-0.05, 0) is 23.6 Å². The maximum absolute atomic E-state index is 11.3. The van der Waals surface area contributed by atoms with Crippen LogP contribution in [-0.2, 0) is 23.7 Å². The second kappa shape index (κ2) is 9.45. The number of hydrogen-bond donors (Lipinski definition) is 1. The van der Waals surface area contributed by atoms with Crippen molar-refractivity contribution in [1.29, 1.82) is 0 Å². The molecule has 2 heterocycles. The summed E-state index contributed by atoms with van der Waals surface area (Å²) in [5.41, 5.74) is 2.54. The molecule has 0 unspecified atom stereocenters. The molecule has 0 spiro atoms. The van der Waals surface area contributed by atoms with Gasteiger partial charge in [-0.15, -0.1) is 10.2 Å². The molecule has 0 atom stereocenters. The lowest BCUT2D eigenvalue weighted by Crippen LogP contribution is -2.16. The molecule has 1 aromatic heterocycles. The molecular formula is C21H23N5O5S. The van der Waals surface area contributed by atoms with Crippen LogP contribution in [0.2, 0.25) is 0 Å². The molecule has 2 N–H and O–H groups in total. The summed E-state index contributed by atoms with van der Waals surface area (Å²) in [5, 5.41) is 20.0. The number of nitrogen functional groups attached to an aromatic ring is 1. The van der Waals surface area contributed by atoms with Crippen LogP contribution in [0.25, 0.3) is 0 Å². The third kappa shape index (κ3) is 4.78. The maximum Gasteiger partial charge on any atom is 0.270 e. The first-order chi connectivity index (χ1) is 15.4. The zero-order valence-electron chi connectivity index (χ0n) is 17.7. The Labute approximate surface area is 188 Å². The number of benzene rings is 2. The van der Waals surface area contributed by atoms with Crippen LogP contribution >= 0.6 is 11.8 Å². The van der Waals surface area contributed by atoms with E-state index in [1.54, 1.807) is 0 Å². The number of nitrogens with zero attached hydrogens (tertiary/aromatic N) is 4. The summed E-state index contributed by atoms with van der Waals surface area (Å²) in [4.78, 5) is 10.8. The Kier molecular flexibility index (Phi) is 6.47. The molecule has 3 aromatic rings. The minimum atomic E-state index is -0.433. The lowest BCUT2D eigenvalue weighted by molar-refractivity contribution is -0.385. The van der Waals surface area contributed by atoms with Gasteiger partial charge in [0.05, 0.1) is 11.5 Å². The molecule has 0 radical (unpaired) electrons. The number of nitro benzene ring substituents is 1. The van der Waals surface area contributed by atoms with Crippen molar-refractivity contribution in [2.24, 2.45) is 0 Å². The fraction of sp³-hybridized carbons (Fsp3) is 0.333. The van der Waals surface area contributed by atoms with Gasteiger partial charge in [0.1, 0.15) is 18.1 Å². The third-order valence-corrected chi connectivity index (χ3v) is 5.98. The van der Waals surface area contributed by atoms with Gasteiger partial charge in [-0.25, -0.2) is 4.68 Å². The highest BCUT2D eigenvalue weighted by molar-refractivity contribution is 7.98. The Morgan fingerprint density at radius 2 is 2.06 bits per heavy atom. The number of ether oxygens (including phenoxy) is 3. The standard InChI is InChI=1S/C21H23N5O5S/c1-13(2)14-3-5-18(6-4-14)30-10-19-23-24-21(25(19)22)32-11-16-8-17(26(27)28)7-15-9-29-12-31-20(15)16/h3-8,13H,9-12,22H2,1-2H3. The summed E-state index contributed by atoms with van der Waals surface area (Å²) in [6.45, 7) is 4.80. The van der Waals surface area contributed by atoms with Gasteiger partial charge in [0.15, 0.2) is 12.6 Å². The third-order valence-electron chi connectivity index (χ3n) is 4.99. The van der Waals surface area contributed by atoms with E-state index in [1.807, 2.05) is 24.3 Å². The minimum Gasteiger partial charge on any atom is -0.486 e. The fourth-order valence-corrected chi connectivity index (χ4v) is 4.08. The number of rotatable bonds is 8. The van der Waals surface area contributed by atoms with E-state index in [0.717, 1.165) is 0 Å². The van der Waals surface area contributed by atoms with Gasteiger partial charge >= 0.3 is 0 Å². The molecule has 32 heavy (non-hydrogen) atoms. The smallest absolute Gasteiger partial charge is 0.270 e. The van der Waals surface area contributed by atoms with Gasteiger partial charge in [-0.1, -0.05) is 37.7 Å². The van der Waals surface area contributed by atoms with Crippen LogP contribution in [0.1, 0.15) is 42.3 Å². The summed E-state index contributed by atoms with van der Waals surface area (Å²) >= 11 is 1.31. The summed E-state index contributed by atoms with van der Waals surface area (Å²) in [5.74, 6) is 8.75. The van der Waals surface area contributed by atoms with Gasteiger partial charge in [0, 0.05) is 29.0 Å². The Morgan fingerprint density at radius 1 is 1.28 bits per heavy atom. The number of fused-ring (bicyclic) bond motifs is 1. The van der Waals surface area contributed by atoms with Gasteiger partial charge in [-0.3, -0.25) is 10.1 Å². The zero-order valence-corrected chi connectivity index (χ0v) is 18.5. The van der Waals surface area contributed by atoms with Crippen molar-refractivity contribution in [2.75, 3.05) is 12.6 Å². The number of non-ortho nitro benzene ring substituents is 1. The lowest BCUT2D eigenvalue weighted by atomic mass is 10.0. The van der Waals surface area contributed by atoms with Gasteiger partial charge in [0.25, 0.3) is 5.69 Å². The second-order valence-corrected chi connectivity index (χ2v) is 8.47. The largest absolute Gasteiger partial charge is 0.486 e. The highest BCUT2D eigenvalue weighted by atomic mass is 32.2. The molecule has 0 amide bonds. The first-order valence-corrected chi connectivity index (χ1v) is 11.0. The molecule has 0 aliphatic carbocycles. The van der Waals surface area contributed by atoms with Crippen LogP contribution in [0.15, 0.2) is 41.6 Å². The Hall–Kier alpha value is -3.31. The molecule has 2 aromatic carbocycles. The van der Waals surface area contributed by atoms with Crippen molar-refractivity contribution in [2.45, 2.75) is 43.9 Å². The predicted molar refractivity (Wildman–Crippen MR) is 118 cm³/mol. The monoisotopic (exact) mass is 457 g/mol. The molecule has 168 valence electrons. The van der Waals surface area contributed by atoms with E-state index in [4.69, 9.17) is 20.1 Å². The summed E-state index contributed by atoms with van der Waals surface area (Å²) in [6.07, 6.45) is 0. The second-order valence-electron chi connectivity index (χ2n) is 7.53. The number of nitrogens with two attached hydrogens (primary N) is 1. The number of hydrogen-bond acceptors (Lipinski definition) is 9. The average molecular weight is 458 g/mol. The summed E-state index contributed by atoms with van der Waals surface area (Å²) in [6, 6.07) is 10.9. The maximum atomic E-state index is 11.3. The number of aromatic nitrogens is 3. The van der Waals surface area contributed by atoms with E-state index in [1.165, 1.54) is 34.1 Å². The van der Waals surface area contributed by atoms with Gasteiger partial charge < -0.3 is 20.1 Å². The van der Waals surface area contributed by atoms with E-state index in [9.17, 15) is 10.1 Å². The fourth-order valence-electron chi connectivity index (χ4n) is 3.24. The van der Waals surface area contributed by atoms with Crippen molar-refractivity contribution in [3.63, 3.8) is 0 Å². The Bertz CT molecular complexity index is 1120. The predicted octanol–water partition coefficient (Wildman–Crippen LogP) is 3.76. The van der Waals surface area contributed by atoms with E-state index in [-0.39, 0.29) is 25.7 Å². The minimum absolute atomic E-state index is 0.0137. The van der Waals surface area contributed by atoms with Crippen LogP contribution < -0.4 is 15.3 Å². The molecule has 0 saturated carbocycles. The zero-order chi connectivity index (χ0) is 22.7. The van der Waals surface area contributed by atoms with E-state index >= 15 is 0 Å². The van der Waals surface area contributed by atoms with Crippen LogP contribution in [-0.4, -0.2) is 26.6 Å². The summed E-state index contributed by atoms with van der Waals surface area (Å²) < 4.78 is 18.0. The first kappa shape index (κ1) is 21.9. The quantitative estimate of drug-likeness (QED) is 0.233. The van der Waals surface area contributed by atoms with Gasteiger partial charge in [0.2, 0.25) is 5.16 Å². The van der Waals surface area contributed by atoms with Crippen LogP contribution in [0.3, 0.4) is 0 Å². The number of thioether (sulfide) groups is 1. The number of nitro groups is 1. The highest BCUT2D eigenvalue weighted by Crippen LogP contribution is 2.36. The summed E-state index contributed by atoms with van der Waals surface area (Å²) in [7, 11) is 0. The highest BCUT2D eigenvalue weighted by Gasteiger charge is 2.22. The molecule has 4 rings (SSSR count). The van der Waals surface area contributed by atoms with Crippen LogP contribution in [0.4, 0.5) is 5.69 Å². The molecule has 1 aliphatic rings. The molecular weight excluding hydrogens is 434 g/mol. The van der Waals surface area contributed by atoms with E-state index in [0.29, 0.717) is 45.3 Å².